The maximum atomic E-state index is 6.67. The van der Waals surface area contributed by atoms with E-state index < -0.39 is 0 Å². The van der Waals surface area contributed by atoms with Crippen LogP contribution < -0.4 is 9.64 Å². The Hall–Kier alpha value is -2.95. The molecule has 1 N–H and O–H groups in total. The minimum absolute atomic E-state index is 0.157. The van der Waals surface area contributed by atoms with E-state index >= 15 is 0 Å². The van der Waals surface area contributed by atoms with Gasteiger partial charge >= 0.3 is 0 Å². The number of methoxy groups -OCH3 is 1. The molecule has 1 aliphatic rings. The summed E-state index contributed by atoms with van der Waals surface area (Å²) in [6.07, 6.45) is 1.69. The number of nitrogens with zero attached hydrogens (tertiary/aromatic N) is 2. The Morgan fingerprint density at radius 1 is 1.03 bits per heavy atom. The smallest absolute Gasteiger partial charge is 0.118 e. The van der Waals surface area contributed by atoms with Crippen molar-refractivity contribution in [2.75, 3.05) is 12.0 Å². The molecule has 0 spiro atoms. The van der Waals surface area contributed by atoms with E-state index in [-0.39, 0.29) is 6.04 Å². The summed E-state index contributed by atoms with van der Waals surface area (Å²) in [7, 11) is 1.66. The molecule has 144 valence electrons. The first-order valence-electron chi connectivity index (χ1n) is 9.12. The third-order valence-corrected chi connectivity index (χ3v) is 6.01. The molecule has 4 aromatic rings. The Kier molecular flexibility index (Phi) is 4.26. The largest absolute Gasteiger partial charge is 0.497 e. The standard InChI is InChI=1S/C23H17Cl2N3O/c1-13-21-17(24)8-9-18(25)22(21)23(14-3-6-16(29-2)7-4-14)28(13)15-5-10-19-20(11-15)27-12-26-19/h3-12,23H,1H2,2H3,(H,26,27). The van der Waals surface area contributed by atoms with Crippen LogP contribution in [-0.4, -0.2) is 17.1 Å². The van der Waals surface area contributed by atoms with Gasteiger partial charge in [-0.1, -0.05) is 41.9 Å². The highest BCUT2D eigenvalue weighted by molar-refractivity contribution is 6.36. The van der Waals surface area contributed by atoms with E-state index in [4.69, 9.17) is 27.9 Å². The van der Waals surface area contributed by atoms with Crippen molar-refractivity contribution in [2.24, 2.45) is 0 Å². The SMILES string of the molecule is C=C1c2c(Cl)ccc(Cl)c2C(c2ccc(OC)cc2)N1c1ccc2nc[nH]c2c1. The summed E-state index contributed by atoms with van der Waals surface area (Å²) in [6, 6.07) is 17.6. The number of ether oxygens (including phenoxy) is 1. The Bertz CT molecular complexity index is 1250. The summed E-state index contributed by atoms with van der Waals surface area (Å²) in [5.74, 6) is 0.799. The first-order valence-corrected chi connectivity index (χ1v) is 9.87. The monoisotopic (exact) mass is 421 g/mol. The molecular weight excluding hydrogens is 405 g/mol. The summed E-state index contributed by atoms with van der Waals surface area (Å²) >= 11 is 13.3. The van der Waals surface area contributed by atoms with Gasteiger partial charge < -0.3 is 14.6 Å². The van der Waals surface area contributed by atoms with E-state index in [1.807, 2.05) is 48.5 Å². The normalized spacial score (nSPS) is 15.8. The molecule has 1 unspecified atom stereocenters. The highest BCUT2D eigenvalue weighted by atomic mass is 35.5. The number of hydrogen-bond acceptors (Lipinski definition) is 3. The Morgan fingerprint density at radius 3 is 2.55 bits per heavy atom. The van der Waals surface area contributed by atoms with Crippen LogP contribution in [0.3, 0.4) is 0 Å². The predicted octanol–water partition coefficient (Wildman–Crippen LogP) is 6.46. The summed E-state index contributed by atoms with van der Waals surface area (Å²) in [4.78, 5) is 9.66. The van der Waals surface area contributed by atoms with Gasteiger partial charge in [-0.2, -0.15) is 0 Å². The van der Waals surface area contributed by atoms with Crippen molar-refractivity contribution in [3.8, 4) is 5.75 Å². The van der Waals surface area contributed by atoms with Crippen molar-refractivity contribution >= 4 is 45.6 Å². The van der Waals surface area contributed by atoms with Gasteiger partial charge in [-0.3, -0.25) is 0 Å². The number of rotatable bonds is 3. The third kappa shape index (κ3) is 2.79. The number of H-pyrrole nitrogens is 1. The zero-order chi connectivity index (χ0) is 20.1. The van der Waals surface area contributed by atoms with Crippen LogP contribution in [0, 0.1) is 0 Å². The summed E-state index contributed by atoms with van der Waals surface area (Å²) in [5.41, 5.74) is 6.57. The Labute approximate surface area is 178 Å². The average molecular weight is 422 g/mol. The van der Waals surface area contributed by atoms with Gasteiger partial charge in [-0.25, -0.2) is 4.98 Å². The molecule has 4 nitrogen and oxygen atoms in total. The second-order valence-corrected chi connectivity index (χ2v) is 7.73. The predicted molar refractivity (Wildman–Crippen MR) is 119 cm³/mol. The molecule has 3 aromatic carbocycles. The first kappa shape index (κ1) is 18.1. The molecule has 2 heterocycles. The minimum Gasteiger partial charge on any atom is -0.497 e. The average Bonchev–Trinajstić information content (AvgIpc) is 3.33. The zero-order valence-corrected chi connectivity index (χ0v) is 17.1. The van der Waals surface area contributed by atoms with Crippen molar-refractivity contribution in [2.45, 2.75) is 6.04 Å². The molecule has 0 aliphatic carbocycles. The fourth-order valence-corrected chi connectivity index (χ4v) is 4.55. The van der Waals surface area contributed by atoms with Crippen LogP contribution in [0.1, 0.15) is 22.7 Å². The maximum absolute atomic E-state index is 6.67. The van der Waals surface area contributed by atoms with Gasteiger partial charge in [0.15, 0.2) is 0 Å². The van der Waals surface area contributed by atoms with Crippen molar-refractivity contribution in [1.29, 1.82) is 0 Å². The first-order chi connectivity index (χ1) is 14.1. The number of anilines is 1. The Morgan fingerprint density at radius 2 is 1.79 bits per heavy atom. The van der Waals surface area contributed by atoms with E-state index in [1.54, 1.807) is 13.4 Å². The molecule has 0 fully saturated rings. The molecular formula is C23H17Cl2N3O. The fraction of sp³-hybridized carbons (Fsp3) is 0.0870. The topological polar surface area (TPSA) is 41.1 Å². The van der Waals surface area contributed by atoms with E-state index in [1.165, 1.54) is 0 Å². The molecule has 0 saturated carbocycles. The van der Waals surface area contributed by atoms with Crippen molar-refractivity contribution in [1.82, 2.24) is 9.97 Å². The van der Waals surface area contributed by atoms with E-state index in [2.05, 4.69) is 27.5 Å². The number of hydrogen-bond donors (Lipinski definition) is 1. The maximum Gasteiger partial charge on any atom is 0.118 e. The van der Waals surface area contributed by atoms with Gasteiger partial charge in [0.25, 0.3) is 0 Å². The highest BCUT2D eigenvalue weighted by Gasteiger charge is 2.38. The van der Waals surface area contributed by atoms with Crippen LogP contribution in [0.4, 0.5) is 5.69 Å². The lowest BCUT2D eigenvalue weighted by Gasteiger charge is -2.29. The highest BCUT2D eigenvalue weighted by Crippen LogP contribution is 2.51. The fourth-order valence-electron chi connectivity index (χ4n) is 4.01. The number of fused-ring (bicyclic) bond motifs is 2. The lowest BCUT2D eigenvalue weighted by molar-refractivity contribution is 0.414. The van der Waals surface area contributed by atoms with Crippen molar-refractivity contribution in [3.63, 3.8) is 0 Å². The molecule has 0 saturated heterocycles. The zero-order valence-electron chi connectivity index (χ0n) is 15.6. The van der Waals surface area contributed by atoms with Crippen molar-refractivity contribution in [3.05, 3.63) is 94.2 Å². The molecule has 1 aliphatic heterocycles. The minimum atomic E-state index is -0.157. The number of benzene rings is 3. The molecule has 0 amide bonds. The number of imidazole rings is 1. The van der Waals surface area contributed by atoms with Crippen LogP contribution in [0.2, 0.25) is 10.0 Å². The molecule has 0 bridgehead atoms. The van der Waals surface area contributed by atoms with Gasteiger partial charge in [0, 0.05) is 27.5 Å². The van der Waals surface area contributed by atoms with Gasteiger partial charge in [0.1, 0.15) is 5.75 Å². The van der Waals surface area contributed by atoms with Crippen LogP contribution in [-0.2, 0) is 0 Å². The Balaban J connectivity index is 1.74. The third-order valence-electron chi connectivity index (χ3n) is 5.37. The van der Waals surface area contributed by atoms with Gasteiger partial charge in [-0.15, -0.1) is 0 Å². The van der Waals surface area contributed by atoms with E-state index in [0.29, 0.717) is 10.0 Å². The number of nitrogens with one attached hydrogen (secondary N) is 1. The molecule has 1 aromatic heterocycles. The number of aromatic nitrogens is 2. The second kappa shape index (κ2) is 6.83. The molecule has 6 heteroatoms. The van der Waals surface area contributed by atoms with E-state index in [0.717, 1.165) is 44.9 Å². The van der Waals surface area contributed by atoms with Crippen LogP contribution in [0.15, 0.2) is 67.5 Å². The molecule has 1 atom stereocenters. The number of aromatic amines is 1. The lowest BCUT2D eigenvalue weighted by Crippen LogP contribution is -2.21. The molecule has 5 rings (SSSR count). The molecule has 29 heavy (non-hydrogen) atoms. The lowest BCUT2D eigenvalue weighted by atomic mass is 9.97. The summed E-state index contributed by atoms with van der Waals surface area (Å²) in [5, 5.41) is 1.30. The van der Waals surface area contributed by atoms with Crippen LogP contribution in [0.5, 0.6) is 5.75 Å². The van der Waals surface area contributed by atoms with E-state index in [9.17, 15) is 0 Å². The number of halogens is 2. The molecule has 0 radical (unpaired) electrons. The van der Waals surface area contributed by atoms with Crippen LogP contribution in [0.25, 0.3) is 16.7 Å². The van der Waals surface area contributed by atoms with Crippen LogP contribution >= 0.6 is 23.2 Å². The van der Waals surface area contributed by atoms with Crippen molar-refractivity contribution < 1.29 is 4.74 Å². The quantitative estimate of drug-likeness (QED) is 0.412. The van der Waals surface area contributed by atoms with Gasteiger partial charge in [0.2, 0.25) is 0 Å². The second-order valence-electron chi connectivity index (χ2n) is 6.91. The summed E-state index contributed by atoms with van der Waals surface area (Å²) in [6.45, 7) is 4.36. The summed E-state index contributed by atoms with van der Waals surface area (Å²) < 4.78 is 5.33. The van der Waals surface area contributed by atoms with Gasteiger partial charge in [-0.05, 0) is 48.0 Å². The van der Waals surface area contributed by atoms with Gasteiger partial charge in [0.05, 0.1) is 35.5 Å².